The summed E-state index contributed by atoms with van der Waals surface area (Å²) in [6.07, 6.45) is 3.51. The van der Waals surface area contributed by atoms with E-state index in [-0.39, 0.29) is 0 Å². The van der Waals surface area contributed by atoms with Crippen molar-refractivity contribution in [2.75, 3.05) is 17.7 Å². The van der Waals surface area contributed by atoms with E-state index in [1.54, 1.807) is 0 Å². The third kappa shape index (κ3) is 3.29. The van der Waals surface area contributed by atoms with Crippen LogP contribution in [0.1, 0.15) is 33.1 Å². The Hall–Kier alpha value is -1.38. The Morgan fingerprint density at radius 3 is 2.76 bits per heavy atom. The Labute approximate surface area is 103 Å². The average Bonchev–Trinajstić information content (AvgIpc) is 2.23. The predicted octanol–water partition coefficient (Wildman–Crippen LogP) is 3.27. The Balaban J connectivity index is 1.98. The minimum absolute atomic E-state index is 0.603. The molecule has 0 radical (unpaired) electrons. The van der Waals surface area contributed by atoms with Gasteiger partial charge in [-0.3, -0.25) is 0 Å². The topological polar surface area (TPSA) is 47.3 Å². The smallest absolute Gasteiger partial charge is 0.123 e. The third-order valence-electron chi connectivity index (χ3n) is 3.15. The van der Waals surface area contributed by atoms with Crippen LogP contribution in [0.3, 0.4) is 0 Å². The van der Waals surface area contributed by atoms with E-state index in [1.807, 2.05) is 18.2 Å². The molecule has 0 amide bonds. The van der Waals surface area contributed by atoms with Crippen molar-refractivity contribution in [1.82, 2.24) is 0 Å². The van der Waals surface area contributed by atoms with Gasteiger partial charge in [-0.2, -0.15) is 0 Å². The first kappa shape index (κ1) is 12.1. The fourth-order valence-corrected chi connectivity index (χ4v) is 2.26. The molecule has 1 aromatic carbocycles. The monoisotopic (exact) mass is 234 g/mol. The van der Waals surface area contributed by atoms with E-state index in [4.69, 9.17) is 10.5 Å². The molecule has 17 heavy (non-hydrogen) atoms. The largest absolute Gasteiger partial charge is 0.493 e. The van der Waals surface area contributed by atoms with Crippen LogP contribution in [0.5, 0.6) is 5.75 Å². The normalized spacial score (nSPS) is 22.9. The van der Waals surface area contributed by atoms with Gasteiger partial charge in [0.15, 0.2) is 0 Å². The molecule has 3 heteroatoms. The molecule has 3 nitrogen and oxygen atoms in total. The minimum Gasteiger partial charge on any atom is -0.493 e. The van der Waals surface area contributed by atoms with Crippen LogP contribution in [0.2, 0.25) is 0 Å². The predicted molar refractivity (Wildman–Crippen MR) is 72.4 cm³/mol. The van der Waals surface area contributed by atoms with Crippen LogP contribution in [0.4, 0.5) is 11.4 Å². The van der Waals surface area contributed by atoms with Crippen molar-refractivity contribution in [2.45, 2.75) is 39.2 Å². The minimum atomic E-state index is 0.603. The van der Waals surface area contributed by atoms with Gasteiger partial charge in [0.1, 0.15) is 5.75 Å². The molecule has 2 rings (SSSR count). The lowest BCUT2D eigenvalue weighted by Crippen LogP contribution is -2.33. The summed E-state index contributed by atoms with van der Waals surface area (Å²) in [6, 6.07) is 6.49. The Bertz CT molecular complexity index is 372. The van der Waals surface area contributed by atoms with Gasteiger partial charge in [-0.05, 0) is 31.2 Å². The summed E-state index contributed by atoms with van der Waals surface area (Å²) in [5.74, 6) is 1.71. The summed E-state index contributed by atoms with van der Waals surface area (Å²) in [5.41, 5.74) is 7.71. The highest BCUT2D eigenvalue weighted by atomic mass is 16.5. The Morgan fingerprint density at radius 2 is 2.12 bits per heavy atom. The van der Waals surface area contributed by atoms with Crippen molar-refractivity contribution in [1.29, 1.82) is 0 Å². The Morgan fingerprint density at radius 1 is 1.35 bits per heavy atom. The highest BCUT2D eigenvalue weighted by Gasteiger charge is 2.24. The molecule has 0 spiro atoms. The zero-order valence-corrected chi connectivity index (χ0v) is 10.7. The maximum absolute atomic E-state index is 5.87. The highest BCUT2D eigenvalue weighted by Crippen LogP contribution is 2.31. The molecule has 1 fully saturated rings. The van der Waals surface area contributed by atoms with Crippen LogP contribution in [0, 0.1) is 5.92 Å². The Kier molecular flexibility index (Phi) is 3.77. The quantitative estimate of drug-likeness (QED) is 0.769. The third-order valence-corrected chi connectivity index (χ3v) is 3.15. The van der Waals surface area contributed by atoms with Crippen molar-refractivity contribution in [2.24, 2.45) is 5.92 Å². The van der Waals surface area contributed by atoms with E-state index in [2.05, 4.69) is 19.2 Å². The van der Waals surface area contributed by atoms with Crippen molar-refractivity contribution in [3.63, 3.8) is 0 Å². The molecule has 0 atom stereocenters. The zero-order chi connectivity index (χ0) is 12.3. The maximum Gasteiger partial charge on any atom is 0.123 e. The van der Waals surface area contributed by atoms with Gasteiger partial charge < -0.3 is 15.8 Å². The molecule has 0 aromatic heterocycles. The molecular weight excluding hydrogens is 212 g/mol. The summed E-state index contributed by atoms with van der Waals surface area (Å²) >= 11 is 0. The van der Waals surface area contributed by atoms with Crippen LogP contribution >= 0.6 is 0 Å². The van der Waals surface area contributed by atoms with Crippen LogP contribution in [-0.2, 0) is 0 Å². The van der Waals surface area contributed by atoms with Crippen LogP contribution in [0.25, 0.3) is 0 Å². The van der Waals surface area contributed by atoms with Gasteiger partial charge in [0.25, 0.3) is 0 Å². The second-order valence-electron chi connectivity index (χ2n) is 5.06. The molecule has 0 bridgehead atoms. The fraction of sp³-hybridized carbons (Fsp3) is 0.571. The summed E-state index contributed by atoms with van der Waals surface area (Å²) < 4.78 is 5.61. The molecule has 3 N–H and O–H groups in total. The molecular formula is C14H22N2O. The van der Waals surface area contributed by atoms with Crippen LogP contribution < -0.4 is 15.8 Å². The first-order valence-electron chi connectivity index (χ1n) is 6.47. The lowest BCUT2D eigenvalue weighted by Gasteiger charge is -2.34. The van der Waals surface area contributed by atoms with E-state index in [0.717, 1.165) is 36.1 Å². The number of benzene rings is 1. The number of hydrogen-bond acceptors (Lipinski definition) is 3. The standard InChI is InChI=1S/C14H22N2O/c1-3-4-17-14-8-11(15)7-13(9-14)16-12-5-10(2)6-12/h7-10,12,16H,3-6,15H2,1-2H3. The molecule has 94 valence electrons. The van der Waals surface area contributed by atoms with Gasteiger partial charge >= 0.3 is 0 Å². The zero-order valence-electron chi connectivity index (χ0n) is 10.7. The van der Waals surface area contributed by atoms with Crippen molar-refractivity contribution in [3.8, 4) is 5.75 Å². The molecule has 1 aliphatic carbocycles. The van der Waals surface area contributed by atoms with Gasteiger partial charge in [-0.1, -0.05) is 13.8 Å². The van der Waals surface area contributed by atoms with Gasteiger partial charge in [-0.25, -0.2) is 0 Å². The van der Waals surface area contributed by atoms with Gasteiger partial charge in [0.2, 0.25) is 0 Å². The molecule has 1 saturated carbocycles. The first-order valence-corrected chi connectivity index (χ1v) is 6.47. The number of hydrogen-bond donors (Lipinski definition) is 2. The van der Waals surface area contributed by atoms with E-state index in [0.29, 0.717) is 6.04 Å². The highest BCUT2D eigenvalue weighted by molar-refractivity contribution is 5.59. The van der Waals surface area contributed by atoms with Crippen LogP contribution in [-0.4, -0.2) is 12.6 Å². The SMILES string of the molecule is CCCOc1cc(N)cc(NC2CC(C)C2)c1. The second-order valence-corrected chi connectivity index (χ2v) is 5.06. The second kappa shape index (κ2) is 5.30. The number of nitrogens with one attached hydrogen (secondary N) is 1. The van der Waals surface area contributed by atoms with Crippen molar-refractivity contribution in [3.05, 3.63) is 18.2 Å². The van der Waals surface area contributed by atoms with E-state index in [9.17, 15) is 0 Å². The lowest BCUT2D eigenvalue weighted by molar-refractivity contribution is 0.308. The van der Waals surface area contributed by atoms with E-state index < -0.39 is 0 Å². The first-order chi connectivity index (χ1) is 8.17. The van der Waals surface area contributed by atoms with Gasteiger partial charge in [-0.15, -0.1) is 0 Å². The molecule has 1 aliphatic rings. The maximum atomic E-state index is 5.87. The van der Waals surface area contributed by atoms with Crippen molar-refractivity contribution < 1.29 is 4.74 Å². The van der Waals surface area contributed by atoms with Gasteiger partial charge in [0.05, 0.1) is 6.61 Å². The molecule has 0 saturated heterocycles. The number of ether oxygens (including phenoxy) is 1. The fourth-order valence-electron chi connectivity index (χ4n) is 2.26. The van der Waals surface area contributed by atoms with Crippen LogP contribution in [0.15, 0.2) is 18.2 Å². The number of nitrogens with two attached hydrogens (primary N) is 1. The number of anilines is 2. The lowest BCUT2D eigenvalue weighted by atomic mass is 9.82. The summed E-state index contributed by atoms with van der Waals surface area (Å²) in [5, 5.41) is 3.51. The van der Waals surface area contributed by atoms with E-state index in [1.165, 1.54) is 12.8 Å². The van der Waals surface area contributed by atoms with E-state index >= 15 is 0 Å². The number of rotatable bonds is 5. The molecule has 0 unspecified atom stereocenters. The van der Waals surface area contributed by atoms with Gasteiger partial charge in [0, 0.05) is 29.5 Å². The summed E-state index contributed by atoms with van der Waals surface area (Å²) in [7, 11) is 0. The molecule has 1 aromatic rings. The summed E-state index contributed by atoms with van der Waals surface area (Å²) in [4.78, 5) is 0. The average molecular weight is 234 g/mol. The summed E-state index contributed by atoms with van der Waals surface area (Å²) in [6.45, 7) is 5.12. The molecule has 0 aliphatic heterocycles. The molecule has 0 heterocycles. The van der Waals surface area contributed by atoms with Crippen molar-refractivity contribution >= 4 is 11.4 Å². The number of nitrogen functional groups attached to an aromatic ring is 1.